The number of rotatable bonds is 5. The number of halogens is 1. The molecule has 0 aliphatic rings. The average molecular weight is 454 g/mol. The minimum Gasteiger partial charge on any atom is -0.496 e. The van der Waals surface area contributed by atoms with Gasteiger partial charge in [-0.3, -0.25) is 0 Å². The maximum Gasteiger partial charge on any atom is 0.191 e. The van der Waals surface area contributed by atoms with Crippen molar-refractivity contribution in [1.29, 1.82) is 5.26 Å². The van der Waals surface area contributed by atoms with E-state index in [1.54, 1.807) is 43.0 Å². The summed E-state index contributed by atoms with van der Waals surface area (Å²) in [7, 11) is 3.39. The first kappa shape index (κ1) is 21.2. The average Bonchev–Trinajstić information content (AvgIpc) is 3.43. The van der Waals surface area contributed by atoms with E-state index in [1.165, 1.54) is 12.1 Å². The van der Waals surface area contributed by atoms with Crippen molar-refractivity contribution in [1.82, 2.24) is 19.5 Å². The van der Waals surface area contributed by atoms with Gasteiger partial charge in [0.15, 0.2) is 17.3 Å². The van der Waals surface area contributed by atoms with Gasteiger partial charge in [0.1, 0.15) is 34.7 Å². The van der Waals surface area contributed by atoms with E-state index in [9.17, 15) is 9.65 Å². The second kappa shape index (κ2) is 8.33. The van der Waals surface area contributed by atoms with E-state index < -0.39 is 0 Å². The van der Waals surface area contributed by atoms with E-state index in [4.69, 9.17) is 14.1 Å². The third kappa shape index (κ3) is 3.71. The van der Waals surface area contributed by atoms with Crippen LogP contribution in [0.4, 0.5) is 15.8 Å². The number of aromatic nitrogens is 4. The lowest BCUT2D eigenvalue weighted by atomic mass is 10.1. The number of nitrogens with zero attached hydrogens (tertiary/aromatic N) is 5. The number of benzene rings is 2. The van der Waals surface area contributed by atoms with Gasteiger partial charge in [0.05, 0.1) is 24.6 Å². The summed E-state index contributed by atoms with van der Waals surface area (Å²) in [6, 6.07) is 15.4. The topological polar surface area (TPSA) is 102 Å². The van der Waals surface area contributed by atoms with Crippen molar-refractivity contribution >= 4 is 22.5 Å². The Morgan fingerprint density at radius 2 is 1.91 bits per heavy atom. The van der Waals surface area contributed by atoms with Crippen LogP contribution in [0.1, 0.15) is 11.6 Å². The molecule has 0 spiro atoms. The largest absolute Gasteiger partial charge is 0.496 e. The molecular formula is C25H19FN6O2. The van der Waals surface area contributed by atoms with Gasteiger partial charge in [0.25, 0.3) is 0 Å². The number of fused-ring (bicyclic) bond motifs is 1. The summed E-state index contributed by atoms with van der Waals surface area (Å²) in [5.74, 6) is 2.05. The van der Waals surface area contributed by atoms with Gasteiger partial charge < -0.3 is 19.0 Å². The standard InChI is InChI=1S/C25H19FN6O2/c1-14-28-13-22(34-14)19-9-8-17(11-21(19)33-3)29-20-10-18(12-27)30-25-23(20)31-24(32(25)2)15-4-6-16(26)7-5-15/h4-11,13H,1-3H3,(H,29,30). The molecule has 8 nitrogen and oxygen atoms in total. The van der Waals surface area contributed by atoms with Crippen LogP contribution in [0.2, 0.25) is 0 Å². The van der Waals surface area contributed by atoms with Crippen LogP contribution >= 0.6 is 0 Å². The van der Waals surface area contributed by atoms with Gasteiger partial charge in [-0.1, -0.05) is 0 Å². The zero-order chi connectivity index (χ0) is 23.8. The highest BCUT2D eigenvalue weighted by Gasteiger charge is 2.17. The summed E-state index contributed by atoms with van der Waals surface area (Å²) in [5, 5.41) is 12.9. The lowest BCUT2D eigenvalue weighted by Gasteiger charge is -2.11. The highest BCUT2D eigenvalue weighted by atomic mass is 19.1. The van der Waals surface area contributed by atoms with E-state index in [1.807, 2.05) is 25.2 Å². The molecule has 0 saturated heterocycles. The number of methoxy groups -OCH3 is 1. The molecule has 0 bridgehead atoms. The number of oxazole rings is 1. The first-order chi connectivity index (χ1) is 16.5. The fourth-order valence-electron chi connectivity index (χ4n) is 3.77. The summed E-state index contributed by atoms with van der Waals surface area (Å²) in [4.78, 5) is 13.3. The van der Waals surface area contributed by atoms with Gasteiger partial charge in [-0.15, -0.1) is 0 Å². The van der Waals surface area contributed by atoms with Crippen LogP contribution in [0.15, 0.2) is 59.1 Å². The van der Waals surface area contributed by atoms with Crippen LogP contribution in [0, 0.1) is 24.1 Å². The molecule has 0 radical (unpaired) electrons. The van der Waals surface area contributed by atoms with Crippen LogP contribution in [0.25, 0.3) is 33.9 Å². The summed E-state index contributed by atoms with van der Waals surface area (Å²) in [6.45, 7) is 1.78. The smallest absolute Gasteiger partial charge is 0.191 e. The van der Waals surface area contributed by atoms with E-state index in [2.05, 4.69) is 21.4 Å². The molecular weight excluding hydrogens is 435 g/mol. The Morgan fingerprint density at radius 3 is 2.59 bits per heavy atom. The molecule has 0 fully saturated rings. The number of hydrogen-bond donors (Lipinski definition) is 1. The summed E-state index contributed by atoms with van der Waals surface area (Å²) in [6.07, 6.45) is 1.65. The Kier molecular flexibility index (Phi) is 5.18. The van der Waals surface area contributed by atoms with E-state index in [0.717, 1.165) is 16.8 Å². The highest BCUT2D eigenvalue weighted by Crippen LogP contribution is 2.35. The third-order valence-electron chi connectivity index (χ3n) is 5.41. The van der Waals surface area contributed by atoms with Crippen LogP contribution in [0.5, 0.6) is 5.75 Å². The van der Waals surface area contributed by atoms with Gasteiger partial charge in [-0.25, -0.2) is 19.3 Å². The van der Waals surface area contributed by atoms with Crippen molar-refractivity contribution in [2.75, 3.05) is 12.4 Å². The van der Waals surface area contributed by atoms with Crippen LogP contribution in [0.3, 0.4) is 0 Å². The molecule has 3 heterocycles. The monoisotopic (exact) mass is 454 g/mol. The van der Waals surface area contributed by atoms with E-state index in [0.29, 0.717) is 40.1 Å². The molecule has 9 heteroatoms. The van der Waals surface area contributed by atoms with E-state index >= 15 is 0 Å². The van der Waals surface area contributed by atoms with Crippen molar-refractivity contribution < 1.29 is 13.5 Å². The minimum absolute atomic E-state index is 0.240. The maximum atomic E-state index is 13.4. The van der Waals surface area contributed by atoms with Crippen LogP contribution in [-0.4, -0.2) is 26.6 Å². The molecule has 0 aliphatic heterocycles. The second-order valence-electron chi connectivity index (χ2n) is 7.62. The number of hydrogen-bond acceptors (Lipinski definition) is 7. The van der Waals surface area contributed by atoms with Gasteiger partial charge in [-0.2, -0.15) is 5.26 Å². The van der Waals surface area contributed by atoms with E-state index in [-0.39, 0.29) is 11.5 Å². The number of aryl methyl sites for hydroxylation is 2. The SMILES string of the molecule is COc1cc(Nc2cc(C#N)nc3c2nc(-c2ccc(F)cc2)n3C)ccc1-c1cnc(C)o1. The summed E-state index contributed by atoms with van der Waals surface area (Å²) < 4.78 is 26.4. The van der Waals surface area contributed by atoms with Crippen molar-refractivity contribution in [2.24, 2.45) is 7.05 Å². The molecule has 0 atom stereocenters. The maximum absolute atomic E-state index is 13.4. The summed E-state index contributed by atoms with van der Waals surface area (Å²) >= 11 is 0. The quantitative estimate of drug-likeness (QED) is 0.381. The Morgan fingerprint density at radius 1 is 1.12 bits per heavy atom. The minimum atomic E-state index is -0.326. The predicted octanol–water partition coefficient (Wildman–Crippen LogP) is 5.36. The molecule has 168 valence electrons. The molecule has 0 amide bonds. The second-order valence-corrected chi connectivity index (χ2v) is 7.62. The fraction of sp³-hybridized carbons (Fsp3) is 0.120. The Labute approximate surface area is 194 Å². The fourth-order valence-corrected chi connectivity index (χ4v) is 3.77. The number of anilines is 2. The van der Waals surface area contributed by atoms with Gasteiger partial charge in [0.2, 0.25) is 0 Å². The molecule has 0 aliphatic carbocycles. The molecule has 34 heavy (non-hydrogen) atoms. The molecule has 5 rings (SSSR count). The van der Waals surface area contributed by atoms with Crippen LogP contribution < -0.4 is 10.1 Å². The van der Waals surface area contributed by atoms with Crippen molar-refractivity contribution in [3.8, 4) is 34.5 Å². The predicted molar refractivity (Wildman–Crippen MR) is 125 cm³/mol. The van der Waals surface area contributed by atoms with Crippen LogP contribution in [-0.2, 0) is 7.05 Å². The molecule has 0 unspecified atom stereocenters. The Balaban J connectivity index is 1.59. The molecule has 1 N–H and O–H groups in total. The third-order valence-corrected chi connectivity index (χ3v) is 5.41. The number of imidazole rings is 1. The first-order valence-electron chi connectivity index (χ1n) is 10.4. The Hall–Kier alpha value is -4.71. The number of pyridine rings is 1. The molecule has 3 aromatic heterocycles. The van der Waals surface area contributed by atoms with Gasteiger partial charge >= 0.3 is 0 Å². The Bertz CT molecular complexity index is 1560. The number of ether oxygens (including phenoxy) is 1. The zero-order valence-electron chi connectivity index (χ0n) is 18.6. The highest BCUT2D eigenvalue weighted by molar-refractivity contribution is 5.91. The normalized spacial score (nSPS) is 10.9. The van der Waals surface area contributed by atoms with Crippen molar-refractivity contribution in [2.45, 2.75) is 6.92 Å². The van der Waals surface area contributed by atoms with Crippen molar-refractivity contribution in [3.63, 3.8) is 0 Å². The molecule has 5 aromatic rings. The first-order valence-corrected chi connectivity index (χ1v) is 10.4. The molecule has 0 saturated carbocycles. The van der Waals surface area contributed by atoms with Gasteiger partial charge in [-0.05, 0) is 36.4 Å². The van der Waals surface area contributed by atoms with Gasteiger partial charge in [0, 0.05) is 37.4 Å². The lowest BCUT2D eigenvalue weighted by molar-refractivity contribution is 0.414. The van der Waals surface area contributed by atoms with Crippen molar-refractivity contribution in [3.05, 3.63) is 72.1 Å². The number of nitrogens with one attached hydrogen (secondary N) is 1. The number of nitriles is 1. The lowest BCUT2D eigenvalue weighted by Crippen LogP contribution is -1.98. The zero-order valence-corrected chi connectivity index (χ0v) is 18.6. The summed E-state index contributed by atoms with van der Waals surface area (Å²) in [5.41, 5.74) is 4.18. The molecule has 2 aromatic carbocycles.